The molecule has 0 bridgehead atoms. The Morgan fingerprint density at radius 2 is 1.65 bits per heavy atom. The number of carbonyl (C=O) groups excluding carboxylic acids is 1. The molecular weight excluding hydrogens is 410 g/mol. The molecule has 0 atom stereocenters. The summed E-state index contributed by atoms with van der Waals surface area (Å²) in [6.07, 6.45) is 4.63. The van der Waals surface area contributed by atoms with Gasteiger partial charge in [-0.25, -0.2) is 8.42 Å². The lowest BCUT2D eigenvalue weighted by molar-refractivity contribution is 0.0954. The summed E-state index contributed by atoms with van der Waals surface area (Å²) in [6.45, 7) is 5.37. The van der Waals surface area contributed by atoms with Crippen LogP contribution in [0.5, 0.6) is 0 Å². The van der Waals surface area contributed by atoms with Gasteiger partial charge in [0.15, 0.2) is 0 Å². The Kier molecular flexibility index (Phi) is 6.62. The van der Waals surface area contributed by atoms with Gasteiger partial charge in [-0.05, 0) is 68.4 Å². The highest BCUT2D eigenvalue weighted by molar-refractivity contribution is 7.89. The number of aryl methyl sites for hydroxylation is 1. The number of nitrogens with one attached hydrogen (secondary N) is 1. The molecule has 0 aromatic heterocycles. The van der Waals surface area contributed by atoms with Gasteiger partial charge in [0.25, 0.3) is 5.91 Å². The zero-order valence-electron chi connectivity index (χ0n) is 18.1. The first-order chi connectivity index (χ1) is 15.0. The highest BCUT2D eigenvalue weighted by Gasteiger charge is 2.32. The lowest BCUT2D eigenvalue weighted by atomic mass is 10.1. The van der Waals surface area contributed by atoms with Crippen LogP contribution in [0.2, 0.25) is 0 Å². The highest BCUT2D eigenvalue weighted by atomic mass is 32.2. The predicted molar refractivity (Wildman–Crippen MR) is 123 cm³/mol. The molecule has 0 aliphatic carbocycles. The van der Waals surface area contributed by atoms with E-state index in [4.69, 9.17) is 0 Å². The maximum Gasteiger partial charge on any atom is 0.251 e. The van der Waals surface area contributed by atoms with E-state index in [-0.39, 0.29) is 10.8 Å². The average molecular weight is 442 g/mol. The lowest BCUT2D eigenvalue weighted by Gasteiger charge is -2.24. The number of hydrogen-bond acceptors (Lipinski definition) is 4. The monoisotopic (exact) mass is 441 g/mol. The Morgan fingerprint density at radius 3 is 2.35 bits per heavy atom. The molecule has 2 heterocycles. The SMILES string of the molecule is Cc1ccccc1CCNC(=O)c1ccc(N2CCCC2)c(S(=O)(=O)N2CCCC2)c1. The van der Waals surface area contributed by atoms with E-state index in [9.17, 15) is 13.2 Å². The summed E-state index contributed by atoms with van der Waals surface area (Å²) in [6, 6.07) is 13.3. The van der Waals surface area contributed by atoms with Crippen LogP contribution in [0.3, 0.4) is 0 Å². The second-order valence-electron chi connectivity index (χ2n) is 8.42. The number of anilines is 1. The number of benzene rings is 2. The summed E-state index contributed by atoms with van der Waals surface area (Å²) in [5.74, 6) is -0.237. The molecule has 4 rings (SSSR count). The van der Waals surface area contributed by atoms with Crippen LogP contribution >= 0.6 is 0 Å². The minimum absolute atomic E-state index is 0.237. The van der Waals surface area contributed by atoms with E-state index in [1.807, 2.05) is 18.2 Å². The maximum absolute atomic E-state index is 13.4. The molecule has 2 aromatic carbocycles. The van der Waals surface area contributed by atoms with Gasteiger partial charge in [-0.3, -0.25) is 4.79 Å². The normalized spacial score (nSPS) is 17.3. The van der Waals surface area contributed by atoms with E-state index in [0.717, 1.165) is 50.9 Å². The van der Waals surface area contributed by atoms with E-state index in [1.165, 1.54) is 11.1 Å². The molecule has 2 saturated heterocycles. The van der Waals surface area contributed by atoms with Gasteiger partial charge >= 0.3 is 0 Å². The number of amides is 1. The minimum Gasteiger partial charge on any atom is -0.370 e. The van der Waals surface area contributed by atoms with E-state index >= 15 is 0 Å². The fourth-order valence-electron chi connectivity index (χ4n) is 4.45. The molecule has 31 heavy (non-hydrogen) atoms. The first-order valence-corrected chi connectivity index (χ1v) is 12.6. The standard InChI is InChI=1S/C24H31N3O3S/c1-19-8-2-3-9-20(19)12-13-25-24(28)21-10-11-22(26-14-4-5-15-26)23(18-21)31(29,30)27-16-6-7-17-27/h2-3,8-11,18H,4-7,12-17H2,1H3,(H,25,28). The van der Waals surface area contributed by atoms with Gasteiger partial charge < -0.3 is 10.2 Å². The van der Waals surface area contributed by atoms with Crippen molar-refractivity contribution >= 4 is 21.6 Å². The molecule has 166 valence electrons. The Labute approximate surface area is 185 Å². The quantitative estimate of drug-likeness (QED) is 0.715. The van der Waals surface area contributed by atoms with Gasteiger partial charge in [-0.2, -0.15) is 4.31 Å². The molecule has 2 aromatic rings. The molecule has 2 aliphatic heterocycles. The van der Waals surface area contributed by atoms with Crippen molar-refractivity contribution in [2.45, 2.75) is 43.9 Å². The Hall–Kier alpha value is -2.38. The molecular formula is C24H31N3O3S. The van der Waals surface area contributed by atoms with Crippen molar-refractivity contribution in [3.8, 4) is 0 Å². The zero-order chi connectivity index (χ0) is 21.8. The van der Waals surface area contributed by atoms with Gasteiger partial charge in [-0.1, -0.05) is 24.3 Å². The Morgan fingerprint density at radius 1 is 0.968 bits per heavy atom. The van der Waals surface area contributed by atoms with Crippen LogP contribution in [-0.2, 0) is 16.4 Å². The maximum atomic E-state index is 13.4. The van der Waals surface area contributed by atoms with E-state index in [2.05, 4.69) is 29.3 Å². The summed E-state index contributed by atoms with van der Waals surface area (Å²) >= 11 is 0. The van der Waals surface area contributed by atoms with Crippen molar-refractivity contribution in [2.24, 2.45) is 0 Å². The molecule has 7 heteroatoms. The molecule has 1 N–H and O–H groups in total. The molecule has 0 saturated carbocycles. The third kappa shape index (κ3) is 4.77. The third-order valence-corrected chi connectivity index (χ3v) is 8.22. The van der Waals surface area contributed by atoms with Crippen LogP contribution < -0.4 is 10.2 Å². The number of rotatable bonds is 7. The van der Waals surface area contributed by atoms with Crippen LogP contribution in [-0.4, -0.2) is 51.4 Å². The predicted octanol–water partition coefficient (Wildman–Crippen LogP) is 3.35. The molecule has 6 nitrogen and oxygen atoms in total. The van der Waals surface area contributed by atoms with Gasteiger partial charge in [-0.15, -0.1) is 0 Å². The fourth-order valence-corrected chi connectivity index (χ4v) is 6.21. The second kappa shape index (κ2) is 9.40. The summed E-state index contributed by atoms with van der Waals surface area (Å²) in [7, 11) is -3.62. The van der Waals surface area contributed by atoms with E-state index in [1.54, 1.807) is 16.4 Å². The van der Waals surface area contributed by atoms with Crippen molar-refractivity contribution in [1.82, 2.24) is 9.62 Å². The van der Waals surface area contributed by atoms with E-state index < -0.39 is 10.0 Å². The highest BCUT2D eigenvalue weighted by Crippen LogP contribution is 2.32. The number of nitrogens with zero attached hydrogens (tertiary/aromatic N) is 2. The van der Waals surface area contributed by atoms with Crippen LogP contribution in [0.1, 0.15) is 47.2 Å². The van der Waals surface area contributed by atoms with Crippen LogP contribution in [0.4, 0.5) is 5.69 Å². The Balaban J connectivity index is 1.55. The van der Waals surface area contributed by atoms with Crippen molar-refractivity contribution in [3.63, 3.8) is 0 Å². The number of hydrogen-bond donors (Lipinski definition) is 1. The first kappa shape index (κ1) is 21.8. The molecule has 1 amide bonds. The summed E-state index contributed by atoms with van der Waals surface area (Å²) in [4.78, 5) is 15.2. The first-order valence-electron chi connectivity index (χ1n) is 11.2. The minimum atomic E-state index is -3.62. The third-order valence-electron chi connectivity index (χ3n) is 6.29. The summed E-state index contributed by atoms with van der Waals surface area (Å²) in [5.41, 5.74) is 3.52. The van der Waals surface area contributed by atoms with Crippen molar-refractivity contribution in [1.29, 1.82) is 0 Å². The molecule has 0 spiro atoms. The van der Waals surface area contributed by atoms with Gasteiger partial charge in [0, 0.05) is 38.3 Å². The fraction of sp³-hybridized carbons (Fsp3) is 0.458. The molecule has 2 aliphatic rings. The molecule has 0 unspecified atom stereocenters. The van der Waals surface area contributed by atoms with Gasteiger partial charge in [0.2, 0.25) is 10.0 Å². The topological polar surface area (TPSA) is 69.7 Å². The van der Waals surface area contributed by atoms with E-state index in [0.29, 0.717) is 25.2 Å². The lowest BCUT2D eigenvalue weighted by Crippen LogP contribution is -2.31. The second-order valence-corrected chi connectivity index (χ2v) is 10.3. The van der Waals surface area contributed by atoms with Gasteiger partial charge in [0.05, 0.1) is 5.69 Å². The molecule has 0 radical (unpaired) electrons. The van der Waals surface area contributed by atoms with Crippen LogP contribution in [0.25, 0.3) is 0 Å². The van der Waals surface area contributed by atoms with Crippen molar-refractivity contribution in [2.75, 3.05) is 37.6 Å². The van der Waals surface area contributed by atoms with Gasteiger partial charge in [0.1, 0.15) is 4.90 Å². The van der Waals surface area contributed by atoms with Crippen LogP contribution in [0.15, 0.2) is 47.4 Å². The molecule has 2 fully saturated rings. The average Bonchev–Trinajstić information content (AvgIpc) is 3.49. The van der Waals surface area contributed by atoms with Crippen molar-refractivity contribution < 1.29 is 13.2 Å². The Bertz CT molecular complexity index is 1040. The van der Waals surface area contributed by atoms with Crippen molar-refractivity contribution in [3.05, 3.63) is 59.2 Å². The zero-order valence-corrected chi connectivity index (χ0v) is 19.0. The number of carbonyl (C=O) groups is 1. The summed E-state index contributed by atoms with van der Waals surface area (Å²) in [5, 5.41) is 2.95. The smallest absolute Gasteiger partial charge is 0.251 e. The summed E-state index contributed by atoms with van der Waals surface area (Å²) < 4.78 is 28.3. The number of sulfonamides is 1. The largest absolute Gasteiger partial charge is 0.370 e. The van der Waals surface area contributed by atoms with Crippen LogP contribution in [0, 0.1) is 6.92 Å².